The monoisotopic (exact) mass is 248 g/mol. The smallest absolute Gasteiger partial charge is 0.197 e. The van der Waals surface area contributed by atoms with Crippen molar-refractivity contribution in [2.45, 2.75) is 45.6 Å². The second-order valence-corrected chi connectivity index (χ2v) is 4.54. The minimum absolute atomic E-state index is 0.358. The van der Waals surface area contributed by atoms with Crippen LogP contribution in [-0.2, 0) is 0 Å². The normalized spacial score (nSPS) is 14.8. The maximum absolute atomic E-state index is 4.23. The third-order valence-corrected chi connectivity index (χ3v) is 3.27. The molecule has 0 spiro atoms. The lowest BCUT2D eigenvalue weighted by atomic mass is 9.94. The third-order valence-electron chi connectivity index (χ3n) is 3.27. The molecule has 2 unspecified atom stereocenters. The van der Waals surface area contributed by atoms with Crippen molar-refractivity contribution in [3.8, 4) is 0 Å². The number of rotatable bonds is 6. The van der Waals surface area contributed by atoms with Gasteiger partial charge in [-0.3, -0.25) is 4.98 Å². The van der Waals surface area contributed by atoms with E-state index < -0.39 is 0 Å². The number of aromatic nitrogens is 5. The van der Waals surface area contributed by atoms with Crippen molar-refractivity contribution in [3.05, 3.63) is 18.1 Å². The molecule has 6 heteroatoms. The number of hydrogen-bond donors (Lipinski definition) is 1. The first-order valence-electron chi connectivity index (χ1n) is 6.53. The van der Waals surface area contributed by atoms with E-state index in [1.165, 1.54) is 0 Å². The summed E-state index contributed by atoms with van der Waals surface area (Å²) in [4.78, 5) is 4.23. The summed E-state index contributed by atoms with van der Waals surface area (Å²) in [5, 5.41) is 15.2. The highest BCUT2D eigenvalue weighted by molar-refractivity contribution is 5.33. The van der Waals surface area contributed by atoms with Gasteiger partial charge in [-0.15, -0.1) is 5.10 Å². The van der Waals surface area contributed by atoms with Gasteiger partial charge in [-0.25, -0.2) is 0 Å². The number of hydrogen-bond acceptors (Lipinski definition) is 5. The number of fused-ring (bicyclic) bond motifs is 1. The van der Waals surface area contributed by atoms with Gasteiger partial charge in [0.25, 0.3) is 0 Å². The maximum Gasteiger partial charge on any atom is 0.197 e. The van der Waals surface area contributed by atoms with Gasteiger partial charge in [0.2, 0.25) is 0 Å². The Labute approximate surface area is 107 Å². The Bertz CT molecular complexity index is 494. The molecule has 1 N–H and O–H groups in total. The van der Waals surface area contributed by atoms with E-state index in [-0.39, 0.29) is 0 Å². The molecular formula is C12H20N6. The molecule has 6 nitrogen and oxygen atoms in total. The van der Waals surface area contributed by atoms with Crippen molar-refractivity contribution in [1.82, 2.24) is 30.3 Å². The van der Waals surface area contributed by atoms with Crippen LogP contribution in [0.15, 0.2) is 12.4 Å². The fraction of sp³-hybridized carbons (Fsp3) is 0.667. The van der Waals surface area contributed by atoms with E-state index in [1.54, 1.807) is 10.7 Å². The molecule has 98 valence electrons. The molecule has 18 heavy (non-hydrogen) atoms. The van der Waals surface area contributed by atoms with Crippen LogP contribution in [0.4, 0.5) is 0 Å². The molecule has 2 heterocycles. The molecule has 0 aliphatic heterocycles. The van der Waals surface area contributed by atoms with E-state index in [1.807, 2.05) is 6.20 Å². The van der Waals surface area contributed by atoms with Crippen LogP contribution in [0.5, 0.6) is 0 Å². The highest BCUT2D eigenvalue weighted by Gasteiger charge is 2.20. The maximum atomic E-state index is 4.23. The summed E-state index contributed by atoms with van der Waals surface area (Å²) < 4.78 is 1.78. The van der Waals surface area contributed by atoms with Gasteiger partial charge in [-0.1, -0.05) is 13.8 Å². The van der Waals surface area contributed by atoms with Crippen LogP contribution >= 0.6 is 0 Å². The Kier molecular flexibility index (Phi) is 4.19. The van der Waals surface area contributed by atoms with E-state index >= 15 is 0 Å². The van der Waals surface area contributed by atoms with Gasteiger partial charge in [0.15, 0.2) is 5.65 Å². The molecular weight excluding hydrogens is 228 g/mol. The topological polar surface area (TPSA) is 68.0 Å². The molecule has 2 rings (SSSR count). The van der Waals surface area contributed by atoms with Crippen molar-refractivity contribution in [1.29, 1.82) is 0 Å². The van der Waals surface area contributed by atoms with Crippen molar-refractivity contribution < 1.29 is 0 Å². The first-order valence-corrected chi connectivity index (χ1v) is 6.53. The highest BCUT2D eigenvalue weighted by Crippen LogP contribution is 2.22. The molecule has 0 aromatic carbocycles. The zero-order valence-electron chi connectivity index (χ0n) is 11.2. The minimum atomic E-state index is 0.358. The molecule has 2 atom stereocenters. The van der Waals surface area contributed by atoms with E-state index in [0.29, 0.717) is 17.6 Å². The fourth-order valence-electron chi connectivity index (χ4n) is 2.28. The quantitative estimate of drug-likeness (QED) is 0.837. The van der Waals surface area contributed by atoms with Crippen LogP contribution < -0.4 is 5.32 Å². The lowest BCUT2D eigenvalue weighted by Crippen LogP contribution is -2.33. The van der Waals surface area contributed by atoms with Gasteiger partial charge in [0.1, 0.15) is 0 Å². The summed E-state index contributed by atoms with van der Waals surface area (Å²) in [5.41, 5.74) is 1.77. The molecule has 0 saturated carbocycles. The van der Waals surface area contributed by atoms with Gasteiger partial charge in [0.05, 0.1) is 11.9 Å². The van der Waals surface area contributed by atoms with E-state index in [4.69, 9.17) is 0 Å². The van der Waals surface area contributed by atoms with Crippen LogP contribution in [0, 0.1) is 0 Å². The zero-order chi connectivity index (χ0) is 13.0. The van der Waals surface area contributed by atoms with Crippen LogP contribution in [0.2, 0.25) is 0 Å². The molecule has 0 fully saturated rings. The van der Waals surface area contributed by atoms with Crippen molar-refractivity contribution in [3.63, 3.8) is 0 Å². The SMILES string of the molecule is CCCNC(C)C(CC)c1cncc2nnnn12. The van der Waals surface area contributed by atoms with Gasteiger partial charge < -0.3 is 5.32 Å². The average Bonchev–Trinajstić information content (AvgIpc) is 2.86. The summed E-state index contributed by atoms with van der Waals surface area (Å²) >= 11 is 0. The van der Waals surface area contributed by atoms with Gasteiger partial charge in [-0.2, -0.15) is 4.52 Å². The first kappa shape index (κ1) is 12.9. The predicted octanol–water partition coefficient (Wildman–Crippen LogP) is 1.40. The van der Waals surface area contributed by atoms with Crippen molar-refractivity contribution in [2.24, 2.45) is 0 Å². The van der Waals surface area contributed by atoms with Gasteiger partial charge in [-0.05, 0) is 36.7 Å². The largest absolute Gasteiger partial charge is 0.314 e. The molecule has 0 saturated heterocycles. The van der Waals surface area contributed by atoms with Crippen LogP contribution in [0.3, 0.4) is 0 Å². The minimum Gasteiger partial charge on any atom is -0.314 e. The summed E-state index contributed by atoms with van der Waals surface area (Å²) in [6.07, 6.45) is 5.70. The average molecular weight is 248 g/mol. The molecule has 0 aliphatic rings. The second kappa shape index (κ2) is 5.86. The summed E-state index contributed by atoms with van der Waals surface area (Å²) in [6.45, 7) is 7.58. The standard InChI is InChI=1S/C12H20N6/c1-4-6-14-9(3)10(5-2)11-7-13-8-12-15-16-17-18(11)12/h7-10,14H,4-6H2,1-3H3. The molecule has 0 bridgehead atoms. The lowest BCUT2D eigenvalue weighted by molar-refractivity contribution is 0.435. The van der Waals surface area contributed by atoms with Crippen LogP contribution in [0.1, 0.15) is 45.2 Å². The zero-order valence-corrected chi connectivity index (χ0v) is 11.2. The summed E-state index contributed by atoms with van der Waals surface area (Å²) in [7, 11) is 0. The van der Waals surface area contributed by atoms with Crippen LogP contribution in [-0.4, -0.2) is 37.6 Å². The Morgan fingerprint density at radius 1 is 1.33 bits per heavy atom. The molecule has 2 aromatic heterocycles. The number of nitrogens with zero attached hydrogens (tertiary/aromatic N) is 5. The fourth-order valence-corrected chi connectivity index (χ4v) is 2.28. The Morgan fingerprint density at radius 2 is 2.17 bits per heavy atom. The Hall–Kier alpha value is -1.56. The molecule has 0 aliphatic carbocycles. The predicted molar refractivity (Wildman–Crippen MR) is 69.4 cm³/mol. The second-order valence-electron chi connectivity index (χ2n) is 4.54. The van der Waals surface area contributed by atoms with Gasteiger partial charge in [0, 0.05) is 18.2 Å². The number of nitrogens with one attached hydrogen (secondary N) is 1. The summed E-state index contributed by atoms with van der Waals surface area (Å²) in [5.74, 6) is 0.358. The van der Waals surface area contributed by atoms with E-state index in [9.17, 15) is 0 Å². The molecule has 0 radical (unpaired) electrons. The third kappa shape index (κ3) is 2.48. The Morgan fingerprint density at radius 3 is 2.89 bits per heavy atom. The summed E-state index contributed by atoms with van der Waals surface area (Å²) in [6, 6.07) is 0.381. The van der Waals surface area contributed by atoms with Crippen LogP contribution in [0.25, 0.3) is 5.65 Å². The van der Waals surface area contributed by atoms with Crippen molar-refractivity contribution >= 4 is 5.65 Å². The lowest BCUT2D eigenvalue weighted by Gasteiger charge is -2.23. The Balaban J connectivity index is 2.29. The number of tetrazole rings is 1. The molecule has 2 aromatic rings. The highest BCUT2D eigenvalue weighted by atomic mass is 15.5. The molecule has 0 amide bonds. The van der Waals surface area contributed by atoms with Gasteiger partial charge >= 0.3 is 0 Å². The van der Waals surface area contributed by atoms with E-state index in [2.05, 4.69) is 46.6 Å². The van der Waals surface area contributed by atoms with Crippen molar-refractivity contribution in [2.75, 3.05) is 6.54 Å². The van der Waals surface area contributed by atoms with E-state index in [0.717, 1.165) is 25.1 Å². The first-order chi connectivity index (χ1) is 8.77.